The second-order valence-electron chi connectivity index (χ2n) is 4.49. The van der Waals surface area contributed by atoms with Gasteiger partial charge in [0, 0.05) is 25.8 Å². The average molecular weight is 209 g/mol. The van der Waals surface area contributed by atoms with Crippen LogP contribution in [0.3, 0.4) is 0 Å². The van der Waals surface area contributed by atoms with Crippen LogP contribution in [0.4, 0.5) is 5.69 Å². The van der Waals surface area contributed by atoms with Gasteiger partial charge in [-0.05, 0) is 26.0 Å². The van der Waals surface area contributed by atoms with Gasteiger partial charge in [0.15, 0.2) is 0 Å². The standard InChI is InChI=1S/C12H19NO2/c1-12(2,14)9-15-11-7-5-6-10(8-11)13(3)4/h5-8,14H,9H2,1-4H3. The fraction of sp³-hybridized carbons (Fsp3) is 0.500. The van der Waals surface area contributed by atoms with E-state index in [1.54, 1.807) is 13.8 Å². The van der Waals surface area contributed by atoms with Crippen molar-refractivity contribution in [2.24, 2.45) is 0 Å². The van der Waals surface area contributed by atoms with Gasteiger partial charge in [-0.1, -0.05) is 6.07 Å². The van der Waals surface area contributed by atoms with Crippen molar-refractivity contribution in [2.75, 3.05) is 25.6 Å². The number of nitrogens with zero attached hydrogens (tertiary/aromatic N) is 1. The minimum atomic E-state index is -0.797. The molecule has 0 unspecified atom stereocenters. The van der Waals surface area contributed by atoms with Crippen LogP contribution >= 0.6 is 0 Å². The fourth-order valence-corrected chi connectivity index (χ4v) is 1.11. The number of hydrogen-bond acceptors (Lipinski definition) is 3. The number of hydrogen-bond donors (Lipinski definition) is 1. The van der Waals surface area contributed by atoms with Gasteiger partial charge >= 0.3 is 0 Å². The molecule has 15 heavy (non-hydrogen) atoms. The van der Waals surface area contributed by atoms with Gasteiger partial charge in [0.05, 0.1) is 5.60 Å². The number of benzene rings is 1. The molecular weight excluding hydrogens is 190 g/mol. The zero-order chi connectivity index (χ0) is 11.5. The van der Waals surface area contributed by atoms with E-state index in [1.807, 2.05) is 43.3 Å². The Morgan fingerprint density at radius 1 is 1.33 bits per heavy atom. The Balaban J connectivity index is 2.66. The van der Waals surface area contributed by atoms with Gasteiger partial charge in [-0.2, -0.15) is 0 Å². The fourth-order valence-electron chi connectivity index (χ4n) is 1.11. The first-order valence-corrected chi connectivity index (χ1v) is 5.01. The highest BCUT2D eigenvalue weighted by Crippen LogP contribution is 2.20. The quantitative estimate of drug-likeness (QED) is 0.822. The van der Waals surface area contributed by atoms with Crippen LogP contribution < -0.4 is 9.64 Å². The summed E-state index contributed by atoms with van der Waals surface area (Å²) in [5, 5.41) is 9.52. The van der Waals surface area contributed by atoms with Crippen molar-refractivity contribution in [3.8, 4) is 5.75 Å². The summed E-state index contributed by atoms with van der Waals surface area (Å²) in [6.45, 7) is 3.75. The molecule has 0 saturated heterocycles. The SMILES string of the molecule is CN(C)c1cccc(OCC(C)(C)O)c1. The third-order valence-electron chi connectivity index (χ3n) is 1.93. The molecule has 1 rings (SSSR count). The van der Waals surface area contributed by atoms with E-state index in [2.05, 4.69) is 0 Å². The Kier molecular flexibility index (Phi) is 3.58. The Bertz CT molecular complexity index is 316. The second kappa shape index (κ2) is 4.53. The van der Waals surface area contributed by atoms with E-state index in [1.165, 1.54) is 0 Å². The molecule has 1 N–H and O–H groups in total. The molecule has 84 valence electrons. The molecule has 0 amide bonds. The van der Waals surface area contributed by atoms with Crippen LogP contribution in [0, 0.1) is 0 Å². The molecule has 3 heteroatoms. The molecule has 0 spiro atoms. The van der Waals surface area contributed by atoms with Crippen molar-refractivity contribution < 1.29 is 9.84 Å². The molecule has 0 fully saturated rings. The largest absolute Gasteiger partial charge is 0.491 e. The molecule has 0 saturated carbocycles. The lowest BCUT2D eigenvalue weighted by atomic mass is 10.2. The lowest BCUT2D eigenvalue weighted by Crippen LogP contribution is -2.27. The van der Waals surface area contributed by atoms with Crippen LogP contribution in [0.1, 0.15) is 13.8 Å². The number of aliphatic hydroxyl groups is 1. The number of ether oxygens (including phenoxy) is 1. The van der Waals surface area contributed by atoms with E-state index in [0.29, 0.717) is 6.61 Å². The lowest BCUT2D eigenvalue weighted by Gasteiger charge is -2.19. The van der Waals surface area contributed by atoms with Crippen LogP contribution in [-0.2, 0) is 0 Å². The molecule has 0 aliphatic heterocycles. The van der Waals surface area contributed by atoms with Crippen molar-refractivity contribution in [1.82, 2.24) is 0 Å². The minimum absolute atomic E-state index is 0.296. The highest BCUT2D eigenvalue weighted by atomic mass is 16.5. The van der Waals surface area contributed by atoms with E-state index in [4.69, 9.17) is 4.74 Å². The smallest absolute Gasteiger partial charge is 0.121 e. The molecule has 0 radical (unpaired) electrons. The zero-order valence-electron chi connectivity index (χ0n) is 9.82. The zero-order valence-corrected chi connectivity index (χ0v) is 9.82. The van der Waals surface area contributed by atoms with Crippen molar-refractivity contribution in [3.63, 3.8) is 0 Å². The van der Waals surface area contributed by atoms with Crippen molar-refractivity contribution >= 4 is 5.69 Å². The van der Waals surface area contributed by atoms with Crippen LogP contribution in [-0.4, -0.2) is 31.4 Å². The summed E-state index contributed by atoms with van der Waals surface area (Å²) in [6.07, 6.45) is 0. The molecule has 0 heterocycles. The summed E-state index contributed by atoms with van der Waals surface area (Å²) in [7, 11) is 3.96. The second-order valence-corrected chi connectivity index (χ2v) is 4.49. The summed E-state index contributed by atoms with van der Waals surface area (Å²) in [5.41, 5.74) is 0.289. The van der Waals surface area contributed by atoms with Crippen LogP contribution in [0.15, 0.2) is 24.3 Å². The average Bonchev–Trinajstić information content (AvgIpc) is 2.14. The maximum absolute atomic E-state index is 9.52. The van der Waals surface area contributed by atoms with Crippen LogP contribution in [0.2, 0.25) is 0 Å². The Morgan fingerprint density at radius 2 is 2.00 bits per heavy atom. The Labute approximate surface area is 91.3 Å². The van der Waals surface area contributed by atoms with Crippen molar-refractivity contribution in [3.05, 3.63) is 24.3 Å². The predicted molar refractivity (Wildman–Crippen MR) is 62.6 cm³/mol. The molecule has 1 aromatic carbocycles. The van der Waals surface area contributed by atoms with Gasteiger partial charge in [-0.3, -0.25) is 0 Å². The maximum atomic E-state index is 9.52. The topological polar surface area (TPSA) is 32.7 Å². The van der Waals surface area contributed by atoms with E-state index in [-0.39, 0.29) is 0 Å². The van der Waals surface area contributed by atoms with E-state index < -0.39 is 5.60 Å². The summed E-state index contributed by atoms with van der Waals surface area (Å²) in [6, 6.07) is 7.79. The lowest BCUT2D eigenvalue weighted by molar-refractivity contribution is 0.0285. The molecule has 0 bridgehead atoms. The minimum Gasteiger partial charge on any atom is -0.491 e. The van der Waals surface area contributed by atoms with Crippen molar-refractivity contribution in [1.29, 1.82) is 0 Å². The number of anilines is 1. The molecule has 3 nitrogen and oxygen atoms in total. The third kappa shape index (κ3) is 4.21. The molecule has 0 aliphatic rings. The first-order chi connectivity index (χ1) is 6.88. The Morgan fingerprint density at radius 3 is 2.53 bits per heavy atom. The monoisotopic (exact) mass is 209 g/mol. The summed E-state index contributed by atoms with van der Waals surface area (Å²) < 4.78 is 5.48. The first-order valence-electron chi connectivity index (χ1n) is 5.01. The van der Waals surface area contributed by atoms with Gasteiger partial charge in [0.2, 0.25) is 0 Å². The van der Waals surface area contributed by atoms with Crippen LogP contribution in [0.25, 0.3) is 0 Å². The first kappa shape index (κ1) is 11.9. The summed E-state index contributed by atoms with van der Waals surface area (Å²) >= 11 is 0. The van der Waals surface area contributed by atoms with E-state index in [9.17, 15) is 5.11 Å². The Hall–Kier alpha value is -1.22. The predicted octanol–water partition coefficient (Wildman–Crippen LogP) is 1.90. The van der Waals surface area contributed by atoms with E-state index in [0.717, 1.165) is 11.4 Å². The summed E-state index contributed by atoms with van der Waals surface area (Å²) in [4.78, 5) is 2.01. The van der Waals surface area contributed by atoms with Gasteiger partial charge in [-0.15, -0.1) is 0 Å². The molecular formula is C12H19NO2. The highest BCUT2D eigenvalue weighted by molar-refractivity contribution is 5.49. The van der Waals surface area contributed by atoms with Gasteiger partial charge in [-0.25, -0.2) is 0 Å². The van der Waals surface area contributed by atoms with Crippen LogP contribution in [0.5, 0.6) is 5.75 Å². The summed E-state index contributed by atoms with van der Waals surface area (Å²) in [5.74, 6) is 0.781. The third-order valence-corrected chi connectivity index (χ3v) is 1.93. The van der Waals surface area contributed by atoms with Gasteiger partial charge in [0.25, 0.3) is 0 Å². The maximum Gasteiger partial charge on any atom is 0.121 e. The van der Waals surface area contributed by atoms with Gasteiger partial charge in [0.1, 0.15) is 12.4 Å². The molecule has 0 aromatic heterocycles. The molecule has 1 aromatic rings. The molecule has 0 aliphatic carbocycles. The number of rotatable bonds is 4. The highest BCUT2D eigenvalue weighted by Gasteiger charge is 2.13. The van der Waals surface area contributed by atoms with E-state index >= 15 is 0 Å². The molecule has 0 atom stereocenters. The van der Waals surface area contributed by atoms with Gasteiger partial charge < -0.3 is 14.7 Å². The normalized spacial score (nSPS) is 11.3. The van der Waals surface area contributed by atoms with Crippen molar-refractivity contribution in [2.45, 2.75) is 19.4 Å².